The molecule has 0 aromatic carbocycles. The van der Waals surface area contributed by atoms with Crippen LogP contribution in [0.15, 0.2) is 11.2 Å². The van der Waals surface area contributed by atoms with E-state index in [1.165, 1.54) is 0 Å². The van der Waals surface area contributed by atoms with Crippen molar-refractivity contribution in [2.24, 2.45) is 0 Å². The van der Waals surface area contributed by atoms with E-state index >= 15 is 0 Å². The van der Waals surface area contributed by atoms with Crippen molar-refractivity contribution in [3.05, 3.63) is 17.5 Å². The van der Waals surface area contributed by atoms with Crippen LogP contribution in [0.2, 0.25) is 0 Å². The number of aromatic nitrogens is 2. The maximum atomic E-state index is 9.24. The van der Waals surface area contributed by atoms with Crippen molar-refractivity contribution in [2.75, 3.05) is 12.3 Å². The number of rotatable bonds is 7. The number of aryl methyl sites for hydroxylation is 2. The molecule has 0 fully saturated rings. The van der Waals surface area contributed by atoms with E-state index < -0.39 is 5.54 Å². The van der Waals surface area contributed by atoms with Crippen LogP contribution in [0.4, 0.5) is 0 Å². The summed E-state index contributed by atoms with van der Waals surface area (Å²) in [5, 5.41) is 13.3. The maximum absolute atomic E-state index is 9.24. The van der Waals surface area contributed by atoms with Crippen LogP contribution in [0.3, 0.4) is 0 Å². The number of nitrogens with one attached hydrogen (secondary N) is 1. The summed E-state index contributed by atoms with van der Waals surface area (Å²) >= 11 is 1.61. The Morgan fingerprint density at radius 3 is 2.53 bits per heavy atom. The fourth-order valence-electron chi connectivity index (χ4n) is 1.69. The Kier molecular flexibility index (Phi) is 6.26. The van der Waals surface area contributed by atoms with Crippen molar-refractivity contribution in [1.29, 1.82) is 5.26 Å². The molecule has 5 heteroatoms. The molecule has 1 atom stereocenters. The molecule has 1 aromatic heterocycles. The molecule has 1 N–H and O–H groups in total. The van der Waals surface area contributed by atoms with Crippen LogP contribution in [0.1, 0.15) is 38.1 Å². The smallest absolute Gasteiger partial charge is 0.187 e. The highest BCUT2D eigenvalue weighted by Gasteiger charge is 2.22. The molecule has 0 aliphatic heterocycles. The summed E-state index contributed by atoms with van der Waals surface area (Å²) in [7, 11) is 0. The van der Waals surface area contributed by atoms with Crippen molar-refractivity contribution in [1.82, 2.24) is 15.3 Å². The lowest BCUT2D eigenvalue weighted by atomic mass is 10.0. The predicted molar refractivity (Wildman–Crippen MR) is 79.2 cm³/mol. The topological polar surface area (TPSA) is 61.6 Å². The molecule has 4 nitrogen and oxygen atoms in total. The Morgan fingerprint density at radius 2 is 2.00 bits per heavy atom. The van der Waals surface area contributed by atoms with Crippen LogP contribution in [-0.4, -0.2) is 27.8 Å². The molecule has 1 rings (SSSR count). The van der Waals surface area contributed by atoms with E-state index in [0.29, 0.717) is 0 Å². The zero-order valence-electron chi connectivity index (χ0n) is 12.2. The molecule has 1 unspecified atom stereocenters. The number of hydrogen-bond acceptors (Lipinski definition) is 5. The van der Waals surface area contributed by atoms with Crippen molar-refractivity contribution in [3.8, 4) is 6.07 Å². The number of nitrogens with zero attached hydrogens (tertiary/aromatic N) is 3. The first kappa shape index (κ1) is 15.9. The average molecular weight is 278 g/mol. The lowest BCUT2D eigenvalue weighted by Crippen LogP contribution is -2.41. The maximum Gasteiger partial charge on any atom is 0.187 e. The third kappa shape index (κ3) is 5.58. The Morgan fingerprint density at radius 1 is 1.37 bits per heavy atom. The molecular weight excluding hydrogens is 256 g/mol. The van der Waals surface area contributed by atoms with Crippen LogP contribution >= 0.6 is 11.8 Å². The number of thioether (sulfide) groups is 1. The SMILES string of the molecule is CCCNC(C)(C#N)CCSc1nc(C)cc(C)n1. The van der Waals surface area contributed by atoms with E-state index in [-0.39, 0.29) is 0 Å². The molecule has 0 saturated heterocycles. The molecule has 1 heterocycles. The molecule has 0 amide bonds. The Hall–Kier alpha value is -1.12. The van der Waals surface area contributed by atoms with Gasteiger partial charge in [0.2, 0.25) is 0 Å². The van der Waals surface area contributed by atoms with Crippen molar-refractivity contribution in [3.63, 3.8) is 0 Å². The largest absolute Gasteiger partial charge is 0.300 e. The van der Waals surface area contributed by atoms with Gasteiger partial charge < -0.3 is 0 Å². The van der Waals surface area contributed by atoms with Gasteiger partial charge in [-0.15, -0.1) is 0 Å². The monoisotopic (exact) mass is 278 g/mol. The summed E-state index contributed by atoms with van der Waals surface area (Å²) in [6.45, 7) is 8.87. The number of nitriles is 1. The normalized spacial score (nSPS) is 13.8. The van der Waals surface area contributed by atoms with Gasteiger partial charge in [-0.25, -0.2) is 9.97 Å². The van der Waals surface area contributed by atoms with Gasteiger partial charge in [0.1, 0.15) is 5.54 Å². The van der Waals surface area contributed by atoms with E-state index in [1.54, 1.807) is 11.8 Å². The molecule has 1 aromatic rings. The quantitative estimate of drug-likeness (QED) is 0.614. The minimum Gasteiger partial charge on any atom is -0.300 e. The summed E-state index contributed by atoms with van der Waals surface area (Å²) in [6.07, 6.45) is 1.81. The lowest BCUT2D eigenvalue weighted by Gasteiger charge is -2.22. The zero-order valence-corrected chi connectivity index (χ0v) is 13.0. The van der Waals surface area contributed by atoms with Gasteiger partial charge in [-0.05, 0) is 46.2 Å². The molecule has 0 radical (unpaired) electrons. The van der Waals surface area contributed by atoms with E-state index in [2.05, 4.69) is 28.3 Å². The van der Waals surface area contributed by atoms with E-state index in [0.717, 1.165) is 41.7 Å². The summed E-state index contributed by atoms with van der Waals surface area (Å²) in [5.74, 6) is 0.837. The first-order valence-corrected chi connectivity index (χ1v) is 7.59. The Labute approximate surface area is 120 Å². The zero-order chi connectivity index (χ0) is 14.3. The average Bonchev–Trinajstić information content (AvgIpc) is 2.35. The van der Waals surface area contributed by atoms with Gasteiger partial charge in [0.15, 0.2) is 5.16 Å². The standard InChI is InChI=1S/C14H22N4S/c1-5-7-16-14(4,10-15)6-8-19-13-17-11(2)9-12(3)18-13/h9,16H,5-8H2,1-4H3. The third-order valence-corrected chi connectivity index (χ3v) is 3.66. The Balaban J connectivity index is 2.50. The van der Waals surface area contributed by atoms with Crippen LogP contribution in [0, 0.1) is 25.2 Å². The summed E-state index contributed by atoms with van der Waals surface area (Å²) in [6, 6.07) is 4.32. The second kappa shape index (κ2) is 7.46. The van der Waals surface area contributed by atoms with Crippen molar-refractivity contribution >= 4 is 11.8 Å². The van der Waals surface area contributed by atoms with Crippen LogP contribution in [-0.2, 0) is 0 Å². The summed E-state index contributed by atoms with van der Waals surface area (Å²) < 4.78 is 0. The fourth-order valence-corrected chi connectivity index (χ4v) is 2.80. The Bertz CT molecular complexity index is 435. The molecule has 0 aliphatic carbocycles. The summed E-state index contributed by atoms with van der Waals surface area (Å²) in [5.41, 5.74) is 1.52. The van der Waals surface area contributed by atoms with E-state index in [1.807, 2.05) is 26.8 Å². The second-order valence-corrected chi connectivity index (χ2v) is 5.96. The third-order valence-electron chi connectivity index (χ3n) is 2.81. The van der Waals surface area contributed by atoms with Crippen LogP contribution in [0.5, 0.6) is 0 Å². The minimum absolute atomic E-state index is 0.456. The highest BCUT2D eigenvalue weighted by Crippen LogP contribution is 2.19. The number of hydrogen-bond donors (Lipinski definition) is 1. The molecule has 0 bridgehead atoms. The first-order valence-electron chi connectivity index (χ1n) is 6.60. The molecule has 104 valence electrons. The van der Waals surface area contributed by atoms with Gasteiger partial charge in [-0.3, -0.25) is 5.32 Å². The predicted octanol–water partition coefficient (Wildman–Crippen LogP) is 2.86. The second-order valence-electron chi connectivity index (χ2n) is 4.90. The van der Waals surface area contributed by atoms with Gasteiger partial charge in [0.05, 0.1) is 6.07 Å². The van der Waals surface area contributed by atoms with Gasteiger partial charge >= 0.3 is 0 Å². The molecule has 19 heavy (non-hydrogen) atoms. The summed E-state index contributed by atoms with van der Waals surface area (Å²) in [4.78, 5) is 8.78. The molecule has 0 aliphatic rings. The van der Waals surface area contributed by atoms with Crippen molar-refractivity contribution < 1.29 is 0 Å². The van der Waals surface area contributed by atoms with Crippen LogP contribution in [0.25, 0.3) is 0 Å². The highest BCUT2D eigenvalue weighted by molar-refractivity contribution is 7.99. The first-order chi connectivity index (χ1) is 8.99. The van der Waals surface area contributed by atoms with Crippen molar-refractivity contribution in [2.45, 2.75) is 51.2 Å². The molecule has 0 saturated carbocycles. The highest BCUT2D eigenvalue weighted by atomic mass is 32.2. The minimum atomic E-state index is -0.456. The van der Waals surface area contributed by atoms with Gasteiger partial charge in [0.25, 0.3) is 0 Å². The van der Waals surface area contributed by atoms with E-state index in [4.69, 9.17) is 0 Å². The molecule has 0 spiro atoms. The lowest BCUT2D eigenvalue weighted by molar-refractivity contribution is 0.437. The van der Waals surface area contributed by atoms with Gasteiger partial charge in [-0.1, -0.05) is 18.7 Å². The van der Waals surface area contributed by atoms with E-state index in [9.17, 15) is 5.26 Å². The molecular formula is C14H22N4S. The van der Waals surface area contributed by atoms with Gasteiger partial charge in [-0.2, -0.15) is 5.26 Å². The fraction of sp³-hybridized carbons (Fsp3) is 0.643. The van der Waals surface area contributed by atoms with Crippen LogP contribution < -0.4 is 5.32 Å². The van der Waals surface area contributed by atoms with Gasteiger partial charge in [0, 0.05) is 17.1 Å².